The number of primary sulfonamides is 1. The normalized spacial score (nSPS) is 12.0. The second kappa shape index (κ2) is 7.78. The first-order chi connectivity index (χ1) is 13.1. The molecule has 3 aromatic rings. The zero-order valence-corrected chi connectivity index (χ0v) is 15.6. The molecule has 11 heteroatoms. The van der Waals surface area contributed by atoms with E-state index in [-0.39, 0.29) is 17.3 Å². The number of halogens is 3. The second-order valence-electron chi connectivity index (χ2n) is 5.49. The number of alkyl halides is 3. The van der Waals surface area contributed by atoms with Crippen LogP contribution in [0.3, 0.4) is 0 Å². The van der Waals surface area contributed by atoms with Crippen LogP contribution < -0.4 is 14.6 Å². The van der Waals surface area contributed by atoms with Gasteiger partial charge in [0.25, 0.3) is 0 Å². The number of thiazole rings is 1. The van der Waals surface area contributed by atoms with Crippen LogP contribution in [-0.2, 0) is 16.6 Å². The molecule has 1 heterocycles. The molecule has 3 rings (SSSR count). The molecule has 0 saturated heterocycles. The van der Waals surface area contributed by atoms with Crippen molar-refractivity contribution in [3.8, 4) is 22.1 Å². The summed E-state index contributed by atoms with van der Waals surface area (Å²) >= 11 is 1.22. The number of benzene rings is 2. The molecule has 0 aliphatic carbocycles. The van der Waals surface area contributed by atoms with Crippen LogP contribution >= 0.6 is 11.3 Å². The van der Waals surface area contributed by atoms with E-state index < -0.39 is 16.4 Å². The van der Waals surface area contributed by atoms with Crippen LogP contribution in [-0.4, -0.2) is 19.8 Å². The average molecular weight is 430 g/mol. The van der Waals surface area contributed by atoms with Gasteiger partial charge in [0.05, 0.1) is 10.6 Å². The standard InChI is InChI=1S/C17H13F3N2O4S2/c18-17(19,20)26-13-7-5-12(6-8-13)25-9-11-10-27-16(22-11)14-3-1-2-4-15(14)28(21,23)24/h1-8,10H,9H2,(H2,21,23,24). The van der Waals surface area contributed by atoms with Gasteiger partial charge in [-0.05, 0) is 30.3 Å². The molecule has 2 aromatic carbocycles. The first kappa shape index (κ1) is 20.1. The van der Waals surface area contributed by atoms with Crippen LogP contribution in [0.1, 0.15) is 5.69 Å². The lowest BCUT2D eigenvalue weighted by Gasteiger charge is -2.09. The summed E-state index contributed by atoms with van der Waals surface area (Å²) in [5.74, 6) is -0.0237. The van der Waals surface area contributed by atoms with Crippen molar-refractivity contribution in [2.75, 3.05) is 0 Å². The molecule has 0 spiro atoms. The van der Waals surface area contributed by atoms with Gasteiger partial charge in [0.2, 0.25) is 10.0 Å². The summed E-state index contributed by atoms with van der Waals surface area (Å²) in [5, 5.41) is 7.38. The Hall–Kier alpha value is -2.63. The van der Waals surface area contributed by atoms with Crippen LogP contribution in [0.4, 0.5) is 13.2 Å². The quantitative estimate of drug-likeness (QED) is 0.640. The van der Waals surface area contributed by atoms with Crippen LogP contribution in [0.5, 0.6) is 11.5 Å². The molecule has 0 saturated carbocycles. The molecule has 28 heavy (non-hydrogen) atoms. The monoisotopic (exact) mass is 430 g/mol. The van der Waals surface area contributed by atoms with Gasteiger partial charge in [-0.25, -0.2) is 18.5 Å². The van der Waals surface area contributed by atoms with Crippen molar-refractivity contribution >= 4 is 21.4 Å². The van der Waals surface area contributed by atoms with Crippen molar-refractivity contribution in [3.63, 3.8) is 0 Å². The van der Waals surface area contributed by atoms with Gasteiger partial charge < -0.3 is 9.47 Å². The summed E-state index contributed by atoms with van der Waals surface area (Å²) in [4.78, 5) is 4.31. The molecule has 0 unspecified atom stereocenters. The summed E-state index contributed by atoms with van der Waals surface area (Å²) < 4.78 is 69.1. The van der Waals surface area contributed by atoms with Crippen molar-refractivity contribution in [3.05, 3.63) is 59.6 Å². The molecule has 148 valence electrons. The fourth-order valence-electron chi connectivity index (χ4n) is 2.28. The van der Waals surface area contributed by atoms with E-state index in [1.54, 1.807) is 23.6 Å². The van der Waals surface area contributed by atoms with Crippen molar-refractivity contribution in [1.29, 1.82) is 0 Å². The van der Waals surface area contributed by atoms with E-state index in [4.69, 9.17) is 9.88 Å². The van der Waals surface area contributed by atoms with Crippen molar-refractivity contribution in [1.82, 2.24) is 4.98 Å². The molecule has 0 radical (unpaired) electrons. The number of hydrogen-bond acceptors (Lipinski definition) is 6. The molecular formula is C17H13F3N2O4S2. The minimum Gasteiger partial charge on any atom is -0.487 e. The van der Waals surface area contributed by atoms with Gasteiger partial charge in [0.1, 0.15) is 23.1 Å². The third-order valence-corrected chi connectivity index (χ3v) is 5.31. The van der Waals surface area contributed by atoms with Gasteiger partial charge >= 0.3 is 6.36 Å². The minimum absolute atomic E-state index is 0.0305. The summed E-state index contributed by atoms with van der Waals surface area (Å²) in [6.45, 7) is 0.0491. The van der Waals surface area contributed by atoms with E-state index in [1.165, 1.54) is 29.5 Å². The molecular weight excluding hydrogens is 417 g/mol. The Bertz CT molecular complexity index is 1060. The Balaban J connectivity index is 1.69. The predicted molar refractivity (Wildman–Crippen MR) is 96.4 cm³/mol. The Morgan fingerprint density at radius 2 is 1.68 bits per heavy atom. The summed E-state index contributed by atoms with van der Waals surface area (Å²) in [6.07, 6.45) is -4.76. The van der Waals surface area contributed by atoms with Crippen LogP contribution in [0.15, 0.2) is 58.8 Å². The predicted octanol–water partition coefficient (Wildman–Crippen LogP) is 3.94. The summed E-state index contributed by atoms with van der Waals surface area (Å²) in [7, 11) is -3.90. The number of hydrogen-bond donors (Lipinski definition) is 1. The van der Waals surface area contributed by atoms with Gasteiger partial charge in [-0.2, -0.15) is 0 Å². The lowest BCUT2D eigenvalue weighted by atomic mass is 10.2. The maximum absolute atomic E-state index is 12.1. The first-order valence-corrected chi connectivity index (χ1v) is 10.1. The molecule has 0 fully saturated rings. The van der Waals surface area contributed by atoms with Gasteiger partial charge in [0.15, 0.2) is 0 Å². The number of sulfonamides is 1. The zero-order valence-electron chi connectivity index (χ0n) is 14.0. The second-order valence-corrected chi connectivity index (χ2v) is 7.88. The van der Waals surface area contributed by atoms with Gasteiger partial charge in [-0.3, -0.25) is 0 Å². The molecule has 0 bridgehead atoms. The molecule has 6 nitrogen and oxygen atoms in total. The van der Waals surface area contributed by atoms with E-state index >= 15 is 0 Å². The van der Waals surface area contributed by atoms with Crippen molar-refractivity contribution < 1.29 is 31.1 Å². The zero-order chi connectivity index (χ0) is 20.4. The smallest absolute Gasteiger partial charge is 0.487 e. The van der Waals surface area contributed by atoms with Gasteiger partial charge in [-0.15, -0.1) is 24.5 Å². The number of nitrogens with two attached hydrogens (primary N) is 1. The summed E-state index contributed by atoms with van der Waals surface area (Å²) in [5.41, 5.74) is 0.912. The van der Waals surface area contributed by atoms with E-state index in [0.29, 0.717) is 22.0 Å². The number of ether oxygens (including phenoxy) is 2. The van der Waals surface area contributed by atoms with E-state index in [9.17, 15) is 21.6 Å². The maximum Gasteiger partial charge on any atom is 0.573 e. The Morgan fingerprint density at radius 1 is 1.04 bits per heavy atom. The number of rotatable bonds is 6. The number of aromatic nitrogens is 1. The molecule has 0 atom stereocenters. The highest BCUT2D eigenvalue weighted by Gasteiger charge is 2.31. The highest BCUT2D eigenvalue weighted by Crippen LogP contribution is 2.30. The molecule has 0 aliphatic heterocycles. The van der Waals surface area contributed by atoms with Crippen LogP contribution in [0.25, 0.3) is 10.6 Å². The average Bonchev–Trinajstić information content (AvgIpc) is 3.08. The molecule has 2 N–H and O–H groups in total. The lowest BCUT2D eigenvalue weighted by molar-refractivity contribution is -0.274. The lowest BCUT2D eigenvalue weighted by Crippen LogP contribution is -2.16. The number of nitrogens with zero attached hydrogens (tertiary/aromatic N) is 1. The largest absolute Gasteiger partial charge is 0.573 e. The molecule has 0 aliphatic rings. The SMILES string of the molecule is NS(=O)(=O)c1ccccc1-c1nc(COc2ccc(OC(F)(F)F)cc2)cs1. The Morgan fingerprint density at radius 3 is 2.32 bits per heavy atom. The fourth-order valence-corrected chi connectivity index (χ4v) is 3.93. The van der Waals surface area contributed by atoms with E-state index in [0.717, 1.165) is 12.1 Å². The Labute approximate surface area is 162 Å². The fraction of sp³-hybridized carbons (Fsp3) is 0.118. The maximum atomic E-state index is 12.1. The minimum atomic E-state index is -4.76. The highest BCUT2D eigenvalue weighted by atomic mass is 32.2. The van der Waals surface area contributed by atoms with Gasteiger partial charge in [0, 0.05) is 10.9 Å². The highest BCUT2D eigenvalue weighted by molar-refractivity contribution is 7.89. The molecule has 0 amide bonds. The molecule has 1 aromatic heterocycles. The van der Waals surface area contributed by atoms with Crippen molar-refractivity contribution in [2.24, 2.45) is 5.14 Å². The van der Waals surface area contributed by atoms with Crippen LogP contribution in [0, 0.1) is 0 Å². The third kappa shape index (κ3) is 5.21. The topological polar surface area (TPSA) is 91.5 Å². The third-order valence-electron chi connectivity index (χ3n) is 3.42. The first-order valence-electron chi connectivity index (χ1n) is 7.67. The van der Waals surface area contributed by atoms with Crippen LogP contribution in [0.2, 0.25) is 0 Å². The van der Waals surface area contributed by atoms with Gasteiger partial charge in [-0.1, -0.05) is 18.2 Å². The van der Waals surface area contributed by atoms with E-state index in [2.05, 4.69) is 9.72 Å². The Kier molecular flexibility index (Phi) is 5.59. The van der Waals surface area contributed by atoms with E-state index in [1.807, 2.05) is 0 Å². The van der Waals surface area contributed by atoms with Crippen molar-refractivity contribution in [2.45, 2.75) is 17.9 Å². The summed E-state index contributed by atoms with van der Waals surface area (Å²) in [6, 6.07) is 11.2.